The molecule has 0 bridgehead atoms. The van der Waals surface area contributed by atoms with Crippen molar-refractivity contribution in [2.45, 2.75) is 12.8 Å². The smallest absolute Gasteiger partial charge is 0.125 e. The van der Waals surface area contributed by atoms with Crippen LogP contribution >= 0.6 is 0 Å². The van der Waals surface area contributed by atoms with Crippen molar-refractivity contribution in [3.63, 3.8) is 0 Å². The Morgan fingerprint density at radius 3 is 2.28 bits per heavy atom. The Kier molecular flexibility index (Phi) is 5.99. The minimum absolute atomic E-state index is 0.204. The normalized spacial score (nSPS) is 10.4. The molecule has 0 spiro atoms. The molecule has 1 heterocycles. The van der Waals surface area contributed by atoms with Crippen molar-refractivity contribution < 1.29 is 9.13 Å². The fourth-order valence-electron chi connectivity index (χ4n) is 2.49. The maximum Gasteiger partial charge on any atom is 0.125 e. The van der Waals surface area contributed by atoms with Gasteiger partial charge in [0.15, 0.2) is 0 Å². The molecule has 0 aliphatic rings. The van der Waals surface area contributed by atoms with Crippen LogP contribution in [-0.4, -0.2) is 18.1 Å². The Balaban J connectivity index is 1.39. The molecule has 0 saturated carbocycles. The first-order chi connectivity index (χ1) is 12.3. The van der Waals surface area contributed by atoms with E-state index in [1.54, 1.807) is 6.20 Å². The number of hydrogen-bond donors (Lipinski definition) is 1. The van der Waals surface area contributed by atoms with Crippen molar-refractivity contribution in [2.75, 3.05) is 18.5 Å². The van der Waals surface area contributed by atoms with Gasteiger partial charge in [0.1, 0.15) is 17.4 Å². The van der Waals surface area contributed by atoms with E-state index in [4.69, 9.17) is 4.74 Å². The first-order valence-corrected chi connectivity index (χ1v) is 8.41. The van der Waals surface area contributed by atoms with E-state index in [0.717, 1.165) is 36.5 Å². The number of nitrogens with zero attached hydrogens (tertiary/aromatic N) is 1. The monoisotopic (exact) mass is 336 g/mol. The number of hydrogen-bond acceptors (Lipinski definition) is 3. The van der Waals surface area contributed by atoms with Crippen LogP contribution in [0.2, 0.25) is 0 Å². The van der Waals surface area contributed by atoms with E-state index in [2.05, 4.69) is 10.3 Å². The molecule has 0 atom stereocenters. The van der Waals surface area contributed by atoms with Gasteiger partial charge in [-0.1, -0.05) is 30.3 Å². The topological polar surface area (TPSA) is 34.1 Å². The van der Waals surface area contributed by atoms with E-state index in [1.165, 1.54) is 17.7 Å². The molecule has 0 unspecified atom stereocenters. The molecule has 4 heteroatoms. The summed E-state index contributed by atoms with van der Waals surface area (Å²) in [6, 6.07) is 20.5. The molecule has 0 saturated heterocycles. The molecule has 2 aromatic carbocycles. The van der Waals surface area contributed by atoms with Gasteiger partial charge in [0.2, 0.25) is 0 Å². The molecular weight excluding hydrogens is 315 g/mol. The molecule has 0 aliphatic heterocycles. The Bertz CT molecular complexity index is 758. The summed E-state index contributed by atoms with van der Waals surface area (Å²) in [5.74, 6) is 1.54. The van der Waals surface area contributed by atoms with E-state index >= 15 is 0 Å². The van der Waals surface area contributed by atoms with E-state index in [-0.39, 0.29) is 5.82 Å². The second-order valence-corrected chi connectivity index (χ2v) is 5.79. The molecule has 0 fully saturated rings. The van der Waals surface area contributed by atoms with Crippen LogP contribution in [0, 0.1) is 5.82 Å². The fourth-order valence-corrected chi connectivity index (χ4v) is 2.49. The van der Waals surface area contributed by atoms with Crippen LogP contribution < -0.4 is 10.1 Å². The van der Waals surface area contributed by atoms with Gasteiger partial charge >= 0.3 is 0 Å². The average Bonchev–Trinajstić information content (AvgIpc) is 2.65. The zero-order valence-electron chi connectivity index (χ0n) is 14.0. The van der Waals surface area contributed by atoms with Gasteiger partial charge in [-0.05, 0) is 60.4 Å². The molecule has 3 aromatic rings. The summed E-state index contributed by atoms with van der Waals surface area (Å²) in [6.07, 6.45) is 3.45. The van der Waals surface area contributed by atoms with Gasteiger partial charge in [-0.3, -0.25) is 0 Å². The lowest BCUT2D eigenvalue weighted by Crippen LogP contribution is -2.08. The highest BCUT2D eigenvalue weighted by Crippen LogP contribution is 2.16. The first-order valence-electron chi connectivity index (χ1n) is 8.41. The molecule has 3 nitrogen and oxygen atoms in total. The second-order valence-electron chi connectivity index (χ2n) is 5.79. The standard InChI is InChI=1S/C21H21FN2O/c22-19-9-5-17(6-10-19)16-18-7-11-20(12-8-18)25-15-3-14-24-21-4-1-2-13-23-21/h1-2,4-13H,3,14-16H2,(H,23,24). The van der Waals surface area contributed by atoms with E-state index < -0.39 is 0 Å². The molecule has 0 aliphatic carbocycles. The summed E-state index contributed by atoms with van der Waals surface area (Å²) in [6.45, 7) is 1.47. The highest BCUT2D eigenvalue weighted by Gasteiger charge is 1.99. The van der Waals surface area contributed by atoms with E-state index in [0.29, 0.717) is 6.61 Å². The fraction of sp³-hybridized carbons (Fsp3) is 0.190. The third-order valence-electron chi connectivity index (χ3n) is 3.81. The van der Waals surface area contributed by atoms with Crippen LogP contribution in [-0.2, 0) is 6.42 Å². The zero-order chi connectivity index (χ0) is 17.3. The van der Waals surface area contributed by atoms with Gasteiger partial charge in [0.25, 0.3) is 0 Å². The van der Waals surface area contributed by atoms with Crippen molar-refractivity contribution in [1.82, 2.24) is 4.98 Å². The van der Waals surface area contributed by atoms with Crippen molar-refractivity contribution in [2.24, 2.45) is 0 Å². The van der Waals surface area contributed by atoms with Crippen LogP contribution in [0.1, 0.15) is 17.5 Å². The largest absolute Gasteiger partial charge is 0.494 e. The average molecular weight is 336 g/mol. The van der Waals surface area contributed by atoms with Gasteiger partial charge in [-0.15, -0.1) is 0 Å². The Morgan fingerprint density at radius 1 is 0.880 bits per heavy atom. The number of anilines is 1. The van der Waals surface area contributed by atoms with Crippen molar-refractivity contribution in [3.8, 4) is 5.75 Å². The lowest BCUT2D eigenvalue weighted by molar-refractivity contribution is 0.315. The summed E-state index contributed by atoms with van der Waals surface area (Å²) in [4.78, 5) is 4.21. The summed E-state index contributed by atoms with van der Waals surface area (Å²) < 4.78 is 18.7. The molecule has 128 valence electrons. The predicted octanol–water partition coefficient (Wildman–Crippen LogP) is 4.69. The van der Waals surface area contributed by atoms with E-state index in [1.807, 2.05) is 54.6 Å². The number of benzene rings is 2. The quantitative estimate of drug-likeness (QED) is 0.606. The summed E-state index contributed by atoms with van der Waals surface area (Å²) in [5, 5.41) is 3.25. The van der Waals surface area contributed by atoms with Gasteiger partial charge in [-0.25, -0.2) is 9.37 Å². The molecule has 0 radical (unpaired) electrons. The number of ether oxygens (including phenoxy) is 1. The van der Waals surface area contributed by atoms with Crippen molar-refractivity contribution in [3.05, 3.63) is 89.9 Å². The molecule has 0 amide bonds. The van der Waals surface area contributed by atoms with Crippen molar-refractivity contribution >= 4 is 5.82 Å². The van der Waals surface area contributed by atoms with Crippen LogP contribution in [0.3, 0.4) is 0 Å². The maximum atomic E-state index is 12.9. The van der Waals surface area contributed by atoms with Gasteiger partial charge in [0.05, 0.1) is 6.61 Å². The summed E-state index contributed by atoms with van der Waals surface area (Å²) in [7, 11) is 0. The minimum Gasteiger partial charge on any atom is -0.494 e. The SMILES string of the molecule is Fc1ccc(Cc2ccc(OCCCNc3ccccn3)cc2)cc1. The van der Waals surface area contributed by atoms with Gasteiger partial charge in [0, 0.05) is 12.7 Å². The van der Waals surface area contributed by atoms with Crippen LogP contribution in [0.15, 0.2) is 72.9 Å². The van der Waals surface area contributed by atoms with Crippen molar-refractivity contribution in [1.29, 1.82) is 0 Å². The predicted molar refractivity (Wildman–Crippen MR) is 98.5 cm³/mol. The Labute approximate surface area is 147 Å². The number of halogens is 1. The zero-order valence-corrected chi connectivity index (χ0v) is 14.0. The number of rotatable bonds is 8. The Morgan fingerprint density at radius 2 is 1.60 bits per heavy atom. The number of aromatic nitrogens is 1. The molecule has 1 aromatic heterocycles. The second kappa shape index (κ2) is 8.83. The number of pyridine rings is 1. The third kappa shape index (κ3) is 5.60. The third-order valence-corrected chi connectivity index (χ3v) is 3.81. The molecular formula is C21H21FN2O. The Hall–Kier alpha value is -2.88. The highest BCUT2D eigenvalue weighted by atomic mass is 19.1. The summed E-state index contributed by atoms with van der Waals surface area (Å²) in [5.41, 5.74) is 2.27. The van der Waals surface area contributed by atoms with Crippen LogP contribution in [0.25, 0.3) is 0 Å². The first kappa shape index (κ1) is 17.0. The van der Waals surface area contributed by atoms with Gasteiger partial charge < -0.3 is 10.1 Å². The lowest BCUT2D eigenvalue weighted by atomic mass is 10.1. The molecule has 3 rings (SSSR count). The summed E-state index contributed by atoms with van der Waals surface area (Å²) >= 11 is 0. The molecule has 1 N–H and O–H groups in total. The van der Waals surface area contributed by atoms with Gasteiger partial charge in [-0.2, -0.15) is 0 Å². The van der Waals surface area contributed by atoms with Crippen LogP contribution in [0.4, 0.5) is 10.2 Å². The highest BCUT2D eigenvalue weighted by molar-refractivity contribution is 5.33. The minimum atomic E-state index is -0.204. The molecule has 25 heavy (non-hydrogen) atoms. The van der Waals surface area contributed by atoms with E-state index in [9.17, 15) is 4.39 Å². The lowest BCUT2D eigenvalue weighted by Gasteiger charge is -2.08. The van der Waals surface area contributed by atoms with Crippen LogP contribution in [0.5, 0.6) is 5.75 Å². The number of nitrogens with one attached hydrogen (secondary N) is 1. The maximum absolute atomic E-state index is 12.9.